The Kier molecular flexibility index (Phi) is 4.99. The van der Waals surface area contributed by atoms with Crippen LogP contribution in [-0.2, 0) is 0 Å². The standard InChI is InChI=1S/C21H12FN3O7/c22-13-7-6-11(8-14(13)26)20-23-21(32-24-20)12-9-15(27)19(29)17(25(30)31)16(12)18(28)10-4-2-1-3-5-10/h1-9,26-27,29H. The van der Waals surface area contributed by atoms with Crippen molar-refractivity contribution in [1.29, 1.82) is 0 Å². The molecule has 11 heteroatoms. The number of nitrogens with zero attached hydrogens (tertiary/aromatic N) is 3. The Labute approximate surface area is 178 Å². The second kappa shape index (κ2) is 7.80. The molecule has 0 radical (unpaired) electrons. The van der Waals surface area contributed by atoms with Crippen LogP contribution in [0.3, 0.4) is 0 Å². The number of nitro benzene ring substituents is 1. The highest BCUT2D eigenvalue weighted by atomic mass is 19.1. The van der Waals surface area contributed by atoms with Crippen LogP contribution < -0.4 is 0 Å². The average molecular weight is 437 g/mol. The molecule has 0 aliphatic heterocycles. The van der Waals surface area contributed by atoms with Crippen molar-refractivity contribution in [2.24, 2.45) is 0 Å². The average Bonchev–Trinajstić information content (AvgIpc) is 3.27. The van der Waals surface area contributed by atoms with Crippen molar-refractivity contribution in [3.8, 4) is 40.1 Å². The van der Waals surface area contributed by atoms with Gasteiger partial charge < -0.3 is 19.8 Å². The third-order valence-corrected chi connectivity index (χ3v) is 4.56. The highest BCUT2D eigenvalue weighted by molar-refractivity contribution is 6.16. The third kappa shape index (κ3) is 3.47. The summed E-state index contributed by atoms with van der Waals surface area (Å²) in [7, 11) is 0. The molecule has 160 valence electrons. The second-order valence-electron chi connectivity index (χ2n) is 6.56. The molecule has 0 atom stereocenters. The maximum atomic E-state index is 13.3. The van der Waals surface area contributed by atoms with Crippen molar-refractivity contribution >= 4 is 11.5 Å². The first-order chi connectivity index (χ1) is 15.3. The molecular weight excluding hydrogens is 425 g/mol. The molecule has 0 spiro atoms. The first-order valence-electron chi connectivity index (χ1n) is 8.94. The summed E-state index contributed by atoms with van der Waals surface area (Å²) in [6, 6.07) is 11.7. The molecule has 0 unspecified atom stereocenters. The highest BCUT2D eigenvalue weighted by Gasteiger charge is 2.34. The molecule has 0 aliphatic rings. The number of ketones is 1. The number of aromatic hydroxyl groups is 3. The van der Waals surface area contributed by atoms with Gasteiger partial charge in [-0.1, -0.05) is 35.5 Å². The van der Waals surface area contributed by atoms with Crippen molar-refractivity contribution in [1.82, 2.24) is 10.1 Å². The Hall–Kier alpha value is -4.80. The van der Waals surface area contributed by atoms with Crippen LogP contribution in [0.1, 0.15) is 15.9 Å². The number of aromatic nitrogens is 2. The largest absolute Gasteiger partial charge is 0.505 e. The number of hydrogen-bond donors (Lipinski definition) is 3. The van der Waals surface area contributed by atoms with Crippen LogP contribution in [0.15, 0.2) is 59.1 Å². The van der Waals surface area contributed by atoms with E-state index in [0.29, 0.717) is 0 Å². The summed E-state index contributed by atoms with van der Waals surface area (Å²) in [5.41, 5.74) is -1.68. The Morgan fingerprint density at radius 1 is 1.03 bits per heavy atom. The number of carbonyl (C=O) groups is 1. The van der Waals surface area contributed by atoms with Crippen LogP contribution in [-0.4, -0.2) is 36.2 Å². The van der Waals surface area contributed by atoms with Gasteiger partial charge >= 0.3 is 5.69 Å². The molecule has 0 aliphatic carbocycles. The molecule has 0 saturated heterocycles. The number of phenols is 3. The summed E-state index contributed by atoms with van der Waals surface area (Å²) in [6.45, 7) is 0. The maximum Gasteiger partial charge on any atom is 0.326 e. The quantitative estimate of drug-likeness (QED) is 0.183. The fourth-order valence-corrected chi connectivity index (χ4v) is 3.06. The minimum atomic E-state index is -1.10. The van der Waals surface area contributed by atoms with Gasteiger partial charge in [-0.05, 0) is 24.3 Å². The number of benzene rings is 3. The number of hydrogen-bond acceptors (Lipinski definition) is 9. The number of carbonyl (C=O) groups excluding carboxylic acids is 1. The van der Waals surface area contributed by atoms with Crippen LogP contribution in [0.5, 0.6) is 17.2 Å². The Balaban J connectivity index is 1.93. The summed E-state index contributed by atoms with van der Waals surface area (Å²) in [6.07, 6.45) is 0. The van der Waals surface area contributed by atoms with Gasteiger partial charge in [0.2, 0.25) is 17.4 Å². The number of halogens is 1. The first-order valence-corrected chi connectivity index (χ1v) is 8.94. The Morgan fingerprint density at radius 2 is 1.75 bits per heavy atom. The lowest BCUT2D eigenvalue weighted by molar-refractivity contribution is -0.386. The van der Waals surface area contributed by atoms with Gasteiger partial charge in [0, 0.05) is 11.1 Å². The van der Waals surface area contributed by atoms with Crippen LogP contribution in [0, 0.1) is 15.9 Å². The van der Waals surface area contributed by atoms with Crippen molar-refractivity contribution in [3.05, 3.63) is 81.7 Å². The van der Waals surface area contributed by atoms with Crippen molar-refractivity contribution < 1.29 is 34.0 Å². The molecule has 4 rings (SSSR count). The molecule has 0 bridgehead atoms. The highest BCUT2D eigenvalue weighted by Crippen LogP contribution is 2.44. The van der Waals surface area contributed by atoms with Crippen molar-refractivity contribution in [3.63, 3.8) is 0 Å². The Bertz CT molecular complexity index is 1370. The fourth-order valence-electron chi connectivity index (χ4n) is 3.06. The van der Waals surface area contributed by atoms with E-state index in [2.05, 4.69) is 10.1 Å². The lowest BCUT2D eigenvalue weighted by atomic mass is 9.95. The topological polar surface area (TPSA) is 160 Å². The van der Waals surface area contributed by atoms with Gasteiger partial charge in [-0.3, -0.25) is 14.9 Å². The third-order valence-electron chi connectivity index (χ3n) is 4.56. The zero-order valence-electron chi connectivity index (χ0n) is 15.9. The van der Waals surface area contributed by atoms with E-state index in [1.165, 1.54) is 18.2 Å². The molecule has 3 N–H and O–H groups in total. The SMILES string of the molecule is O=C(c1ccccc1)c1c(-c2nc(-c3ccc(F)c(O)c3)no2)cc(O)c(O)c1[N+](=O)[O-]. The molecule has 3 aromatic carbocycles. The van der Waals surface area contributed by atoms with Crippen LogP contribution in [0.25, 0.3) is 22.8 Å². The van der Waals surface area contributed by atoms with Crippen molar-refractivity contribution in [2.45, 2.75) is 0 Å². The van der Waals surface area contributed by atoms with Gasteiger partial charge in [-0.2, -0.15) is 4.98 Å². The van der Waals surface area contributed by atoms with Gasteiger partial charge in [0.05, 0.1) is 10.5 Å². The van der Waals surface area contributed by atoms with Crippen LogP contribution >= 0.6 is 0 Å². The minimum absolute atomic E-state index is 0.0742. The zero-order valence-corrected chi connectivity index (χ0v) is 15.9. The van der Waals surface area contributed by atoms with E-state index < -0.39 is 45.0 Å². The molecule has 1 heterocycles. The monoisotopic (exact) mass is 437 g/mol. The summed E-state index contributed by atoms with van der Waals surface area (Å²) in [4.78, 5) is 27.8. The van der Waals surface area contributed by atoms with E-state index in [-0.39, 0.29) is 28.4 Å². The van der Waals surface area contributed by atoms with Crippen LogP contribution in [0.2, 0.25) is 0 Å². The predicted octanol–water partition coefficient (Wildman–Crippen LogP) is 3.80. The second-order valence-corrected chi connectivity index (χ2v) is 6.56. The van der Waals surface area contributed by atoms with Gasteiger partial charge in [0.25, 0.3) is 5.89 Å². The van der Waals surface area contributed by atoms with Gasteiger partial charge in [0.15, 0.2) is 17.3 Å². The molecule has 10 nitrogen and oxygen atoms in total. The van der Waals surface area contributed by atoms with Gasteiger partial charge in [-0.15, -0.1) is 0 Å². The number of rotatable bonds is 5. The predicted molar refractivity (Wildman–Crippen MR) is 107 cm³/mol. The maximum absolute atomic E-state index is 13.3. The summed E-state index contributed by atoms with van der Waals surface area (Å²) in [5.74, 6) is -4.84. The van der Waals surface area contributed by atoms with E-state index in [4.69, 9.17) is 4.52 Å². The van der Waals surface area contributed by atoms with E-state index in [1.807, 2.05) is 0 Å². The first kappa shape index (κ1) is 20.5. The lowest BCUT2D eigenvalue weighted by Crippen LogP contribution is -2.08. The number of phenolic OH excluding ortho intramolecular Hbond substituents is 3. The minimum Gasteiger partial charge on any atom is -0.505 e. The Morgan fingerprint density at radius 3 is 2.41 bits per heavy atom. The molecule has 0 fully saturated rings. The van der Waals surface area contributed by atoms with Crippen LogP contribution in [0.4, 0.5) is 10.1 Å². The smallest absolute Gasteiger partial charge is 0.326 e. The molecular formula is C21H12FN3O7. The summed E-state index contributed by atoms with van der Waals surface area (Å²) < 4.78 is 18.5. The van der Waals surface area contributed by atoms with E-state index in [1.54, 1.807) is 18.2 Å². The normalized spacial score (nSPS) is 10.8. The molecule has 0 amide bonds. The number of nitro groups is 1. The molecule has 0 saturated carbocycles. The zero-order chi connectivity index (χ0) is 23.0. The molecule has 1 aromatic heterocycles. The molecule has 32 heavy (non-hydrogen) atoms. The van der Waals surface area contributed by atoms with Crippen molar-refractivity contribution in [2.75, 3.05) is 0 Å². The van der Waals surface area contributed by atoms with Gasteiger partial charge in [0.1, 0.15) is 5.56 Å². The van der Waals surface area contributed by atoms with E-state index in [0.717, 1.165) is 18.2 Å². The van der Waals surface area contributed by atoms with Gasteiger partial charge in [-0.25, -0.2) is 4.39 Å². The summed E-state index contributed by atoms with van der Waals surface area (Å²) in [5, 5.41) is 45.0. The van der Waals surface area contributed by atoms with E-state index >= 15 is 0 Å². The summed E-state index contributed by atoms with van der Waals surface area (Å²) >= 11 is 0. The fraction of sp³-hybridized carbons (Fsp3) is 0. The van der Waals surface area contributed by atoms with E-state index in [9.17, 15) is 34.6 Å². The lowest BCUT2D eigenvalue weighted by Gasteiger charge is -2.09. The molecule has 4 aromatic rings.